The predicted molar refractivity (Wildman–Crippen MR) is 103 cm³/mol. The summed E-state index contributed by atoms with van der Waals surface area (Å²) in [7, 11) is 1.73. The maximum absolute atomic E-state index is 11.8. The molecule has 0 unspecified atom stereocenters. The van der Waals surface area contributed by atoms with E-state index in [4.69, 9.17) is 4.74 Å². The quantitative estimate of drug-likeness (QED) is 0.263. The Bertz CT molecular complexity index is 352. The Hall–Kier alpha value is -0.730. The average Bonchev–Trinajstić information content (AvgIpc) is 2.30. The molecule has 0 rings (SSSR count). The van der Waals surface area contributed by atoms with E-state index in [1.165, 1.54) is 0 Å². The van der Waals surface area contributed by atoms with Gasteiger partial charge in [-0.25, -0.2) is 4.79 Å². The molecule has 0 saturated heterocycles. The summed E-state index contributed by atoms with van der Waals surface area (Å²) in [6.45, 7) is 13.0. The maximum atomic E-state index is 11.8. The third kappa shape index (κ3) is 13.0. The number of hydrogen-bond donors (Lipinski definition) is 3. The van der Waals surface area contributed by atoms with Crippen LogP contribution in [-0.2, 0) is 4.74 Å². The van der Waals surface area contributed by atoms with Crippen LogP contribution in [0.3, 0.4) is 0 Å². The minimum atomic E-state index is -0.495. The number of aliphatic imine (C=N–C) groups is 1. The standard InChI is InChI=1S/C15H32N4O2.HI/c1-8-9-10-17-12(16-7)18-11-15(5,6)19-13(20)21-14(2,3)4;/h8-11H2,1-7H3,(H,19,20)(H2,16,17,18);1H. The molecule has 0 aliphatic heterocycles. The molecule has 0 aromatic rings. The number of carbonyl (C=O) groups excluding carboxylic acids is 1. The van der Waals surface area contributed by atoms with Gasteiger partial charge in [-0.15, -0.1) is 24.0 Å². The van der Waals surface area contributed by atoms with Crippen molar-refractivity contribution in [1.29, 1.82) is 0 Å². The van der Waals surface area contributed by atoms with E-state index in [1.54, 1.807) is 7.05 Å². The number of unbranched alkanes of at least 4 members (excludes halogenated alkanes) is 1. The van der Waals surface area contributed by atoms with Crippen molar-refractivity contribution in [1.82, 2.24) is 16.0 Å². The molecule has 0 heterocycles. The number of alkyl carbamates (subject to hydrolysis) is 1. The van der Waals surface area contributed by atoms with Gasteiger partial charge < -0.3 is 20.7 Å². The molecule has 0 bridgehead atoms. The van der Waals surface area contributed by atoms with Gasteiger partial charge in [0.2, 0.25) is 0 Å². The molecule has 1 amide bonds. The molecule has 0 fully saturated rings. The summed E-state index contributed by atoms with van der Waals surface area (Å²) < 4.78 is 5.26. The first-order valence-electron chi connectivity index (χ1n) is 7.55. The van der Waals surface area contributed by atoms with Gasteiger partial charge in [0.1, 0.15) is 5.60 Å². The molecular weight excluding hydrogens is 395 g/mol. The molecule has 6 nitrogen and oxygen atoms in total. The van der Waals surface area contributed by atoms with E-state index in [9.17, 15) is 4.79 Å². The third-order valence-electron chi connectivity index (χ3n) is 2.58. The lowest BCUT2D eigenvalue weighted by atomic mass is 10.1. The maximum Gasteiger partial charge on any atom is 0.408 e. The van der Waals surface area contributed by atoms with Crippen molar-refractivity contribution < 1.29 is 9.53 Å². The summed E-state index contributed by atoms with van der Waals surface area (Å²) in [5.74, 6) is 0.738. The minimum Gasteiger partial charge on any atom is -0.444 e. The van der Waals surface area contributed by atoms with Crippen LogP contribution in [0.1, 0.15) is 54.4 Å². The number of amides is 1. The summed E-state index contributed by atoms with van der Waals surface area (Å²) in [6, 6.07) is 0. The zero-order chi connectivity index (χ0) is 16.5. The highest BCUT2D eigenvalue weighted by molar-refractivity contribution is 14.0. The number of halogens is 1. The zero-order valence-electron chi connectivity index (χ0n) is 15.0. The number of rotatable bonds is 6. The highest BCUT2D eigenvalue weighted by atomic mass is 127. The second-order valence-electron chi connectivity index (χ2n) is 6.72. The Morgan fingerprint density at radius 1 is 1.14 bits per heavy atom. The highest BCUT2D eigenvalue weighted by Gasteiger charge is 2.24. The van der Waals surface area contributed by atoms with Crippen LogP contribution in [0.15, 0.2) is 4.99 Å². The summed E-state index contributed by atoms with van der Waals surface area (Å²) in [5.41, 5.74) is -0.934. The smallest absolute Gasteiger partial charge is 0.408 e. The summed E-state index contributed by atoms with van der Waals surface area (Å²) >= 11 is 0. The normalized spacial score (nSPS) is 12.2. The summed E-state index contributed by atoms with van der Waals surface area (Å²) in [4.78, 5) is 15.9. The first kappa shape index (κ1) is 23.5. The fourth-order valence-electron chi connectivity index (χ4n) is 1.53. The van der Waals surface area contributed by atoms with Crippen molar-refractivity contribution >= 4 is 36.0 Å². The lowest BCUT2D eigenvalue weighted by molar-refractivity contribution is 0.0474. The molecule has 0 saturated carbocycles. The molecule has 0 spiro atoms. The van der Waals surface area contributed by atoms with Crippen LogP contribution in [0, 0.1) is 0 Å². The molecule has 0 aromatic carbocycles. The number of nitrogens with one attached hydrogen (secondary N) is 3. The minimum absolute atomic E-state index is 0. The zero-order valence-corrected chi connectivity index (χ0v) is 17.3. The van der Waals surface area contributed by atoms with Gasteiger partial charge in [-0.05, 0) is 41.0 Å². The lowest BCUT2D eigenvalue weighted by Gasteiger charge is -2.29. The Kier molecular flexibility index (Phi) is 11.7. The van der Waals surface area contributed by atoms with Crippen molar-refractivity contribution in [2.45, 2.75) is 65.5 Å². The van der Waals surface area contributed by atoms with E-state index in [0.717, 1.165) is 25.3 Å². The molecule has 0 radical (unpaired) electrons. The van der Waals surface area contributed by atoms with Gasteiger partial charge in [-0.1, -0.05) is 13.3 Å². The molecule has 132 valence electrons. The van der Waals surface area contributed by atoms with Gasteiger partial charge in [-0.2, -0.15) is 0 Å². The van der Waals surface area contributed by atoms with Crippen molar-refractivity contribution in [2.75, 3.05) is 20.1 Å². The molecule has 3 N–H and O–H groups in total. The number of carbonyl (C=O) groups is 1. The second-order valence-corrected chi connectivity index (χ2v) is 6.72. The van der Waals surface area contributed by atoms with Gasteiger partial charge in [-0.3, -0.25) is 4.99 Å². The van der Waals surface area contributed by atoms with E-state index in [2.05, 4.69) is 27.9 Å². The summed E-state index contributed by atoms with van der Waals surface area (Å²) in [5, 5.41) is 9.29. The van der Waals surface area contributed by atoms with Crippen molar-refractivity contribution in [2.24, 2.45) is 4.99 Å². The molecule has 0 aliphatic rings. The van der Waals surface area contributed by atoms with Gasteiger partial charge in [0.05, 0.1) is 5.54 Å². The van der Waals surface area contributed by atoms with E-state index in [1.807, 2.05) is 34.6 Å². The van der Waals surface area contributed by atoms with Crippen molar-refractivity contribution in [3.63, 3.8) is 0 Å². The van der Waals surface area contributed by atoms with Crippen LogP contribution in [-0.4, -0.2) is 43.3 Å². The van der Waals surface area contributed by atoms with E-state index >= 15 is 0 Å². The van der Waals surface area contributed by atoms with Gasteiger partial charge in [0, 0.05) is 20.1 Å². The number of hydrogen-bond acceptors (Lipinski definition) is 3. The third-order valence-corrected chi connectivity index (χ3v) is 2.58. The molecule has 0 aliphatic carbocycles. The molecule has 22 heavy (non-hydrogen) atoms. The SMILES string of the molecule is CCCCNC(=NC)NCC(C)(C)NC(=O)OC(C)(C)C.I. The van der Waals surface area contributed by atoms with Crippen LogP contribution in [0.2, 0.25) is 0 Å². The summed E-state index contributed by atoms with van der Waals surface area (Å²) in [6.07, 6.45) is 1.82. The molecule has 0 aromatic heterocycles. The van der Waals surface area contributed by atoms with E-state index in [0.29, 0.717) is 6.54 Å². The van der Waals surface area contributed by atoms with Crippen LogP contribution < -0.4 is 16.0 Å². The average molecular weight is 428 g/mol. The topological polar surface area (TPSA) is 74.8 Å². The fourth-order valence-corrected chi connectivity index (χ4v) is 1.53. The second kappa shape index (κ2) is 10.9. The Morgan fingerprint density at radius 3 is 2.18 bits per heavy atom. The Labute approximate surface area is 152 Å². The van der Waals surface area contributed by atoms with Gasteiger partial charge >= 0.3 is 6.09 Å². The van der Waals surface area contributed by atoms with Crippen molar-refractivity contribution in [3.8, 4) is 0 Å². The Morgan fingerprint density at radius 2 is 1.73 bits per heavy atom. The predicted octanol–water partition coefficient (Wildman–Crippen LogP) is 2.87. The lowest BCUT2D eigenvalue weighted by Crippen LogP contribution is -2.54. The van der Waals surface area contributed by atoms with Crippen LogP contribution in [0.25, 0.3) is 0 Å². The largest absolute Gasteiger partial charge is 0.444 e. The first-order valence-corrected chi connectivity index (χ1v) is 7.55. The fraction of sp³-hybridized carbons (Fsp3) is 0.867. The number of guanidine groups is 1. The van der Waals surface area contributed by atoms with Crippen LogP contribution >= 0.6 is 24.0 Å². The van der Waals surface area contributed by atoms with Crippen molar-refractivity contribution in [3.05, 3.63) is 0 Å². The van der Waals surface area contributed by atoms with E-state index < -0.39 is 17.2 Å². The van der Waals surface area contributed by atoms with E-state index in [-0.39, 0.29) is 24.0 Å². The van der Waals surface area contributed by atoms with Crippen LogP contribution in [0.5, 0.6) is 0 Å². The van der Waals surface area contributed by atoms with Gasteiger partial charge in [0.25, 0.3) is 0 Å². The number of ether oxygens (including phenoxy) is 1. The highest BCUT2D eigenvalue weighted by Crippen LogP contribution is 2.09. The monoisotopic (exact) mass is 428 g/mol. The number of nitrogens with zero attached hydrogens (tertiary/aromatic N) is 1. The molecule has 0 atom stereocenters. The molecule has 7 heteroatoms. The van der Waals surface area contributed by atoms with Crippen LogP contribution in [0.4, 0.5) is 4.79 Å². The van der Waals surface area contributed by atoms with Gasteiger partial charge in [0.15, 0.2) is 5.96 Å². The Balaban J connectivity index is 0. The molecular formula is C15H33IN4O2. The first-order chi connectivity index (χ1) is 9.59.